The molecule has 4 nitrogen and oxygen atoms in total. The summed E-state index contributed by atoms with van der Waals surface area (Å²) in [5.74, 6) is -0.869. The van der Waals surface area contributed by atoms with Gasteiger partial charge in [-0.3, -0.25) is 9.59 Å². The highest BCUT2D eigenvalue weighted by Gasteiger charge is 2.30. The Morgan fingerprint density at radius 2 is 1.53 bits per heavy atom. The summed E-state index contributed by atoms with van der Waals surface area (Å²) in [6.07, 6.45) is 0.373. The van der Waals surface area contributed by atoms with Crippen LogP contribution in [0.15, 0.2) is 72.8 Å². The Morgan fingerprint density at radius 1 is 0.882 bits per heavy atom. The Kier molecular flexibility index (Phi) is 9.08. The first-order chi connectivity index (χ1) is 16.2. The van der Waals surface area contributed by atoms with Crippen molar-refractivity contribution in [2.45, 2.75) is 45.3 Å². The zero-order valence-corrected chi connectivity index (χ0v) is 20.6. The average Bonchev–Trinajstić information content (AvgIpc) is 2.80. The lowest BCUT2D eigenvalue weighted by atomic mass is 10.0. The molecule has 0 fully saturated rings. The molecule has 3 aromatic carbocycles. The van der Waals surface area contributed by atoms with Crippen LogP contribution >= 0.6 is 23.2 Å². The molecule has 0 spiro atoms. The molecule has 0 aliphatic rings. The van der Waals surface area contributed by atoms with Crippen LogP contribution < -0.4 is 5.32 Å². The lowest BCUT2D eigenvalue weighted by Crippen LogP contribution is -2.52. The van der Waals surface area contributed by atoms with Crippen LogP contribution in [0.5, 0.6) is 0 Å². The molecule has 0 bridgehead atoms. The van der Waals surface area contributed by atoms with Gasteiger partial charge >= 0.3 is 0 Å². The molecule has 2 amide bonds. The molecule has 0 heterocycles. The van der Waals surface area contributed by atoms with E-state index in [-0.39, 0.29) is 36.6 Å². The van der Waals surface area contributed by atoms with Crippen molar-refractivity contribution in [3.63, 3.8) is 0 Å². The second-order valence-corrected chi connectivity index (χ2v) is 9.26. The summed E-state index contributed by atoms with van der Waals surface area (Å²) in [6.45, 7) is 3.92. The first kappa shape index (κ1) is 25.7. The van der Waals surface area contributed by atoms with Gasteiger partial charge in [0.25, 0.3) is 0 Å². The number of hydrogen-bond acceptors (Lipinski definition) is 2. The van der Waals surface area contributed by atoms with Crippen LogP contribution in [0.4, 0.5) is 4.39 Å². The van der Waals surface area contributed by atoms with Gasteiger partial charge < -0.3 is 10.2 Å². The minimum Gasteiger partial charge on any atom is -0.352 e. The number of halogens is 3. The van der Waals surface area contributed by atoms with Crippen molar-refractivity contribution in [2.75, 3.05) is 0 Å². The zero-order valence-electron chi connectivity index (χ0n) is 19.1. The number of carbonyl (C=O) groups excluding carboxylic acids is 2. The molecule has 178 valence electrons. The van der Waals surface area contributed by atoms with Gasteiger partial charge in [0, 0.05) is 19.0 Å². The van der Waals surface area contributed by atoms with Crippen LogP contribution in [-0.2, 0) is 29.0 Å². The van der Waals surface area contributed by atoms with Crippen molar-refractivity contribution in [1.29, 1.82) is 0 Å². The van der Waals surface area contributed by atoms with Gasteiger partial charge in [0.05, 0.1) is 16.5 Å². The Hall–Kier alpha value is -2.89. The Morgan fingerprint density at radius 3 is 2.15 bits per heavy atom. The van der Waals surface area contributed by atoms with Gasteiger partial charge in [-0.2, -0.15) is 0 Å². The molecule has 34 heavy (non-hydrogen) atoms. The fourth-order valence-electron chi connectivity index (χ4n) is 3.65. The molecule has 0 aromatic heterocycles. The lowest BCUT2D eigenvalue weighted by Gasteiger charge is -2.32. The van der Waals surface area contributed by atoms with Crippen LogP contribution in [0, 0.1) is 5.82 Å². The molecule has 7 heteroatoms. The molecule has 0 saturated heterocycles. The minimum absolute atomic E-state index is 0.0296. The van der Waals surface area contributed by atoms with Crippen LogP contribution in [0.1, 0.15) is 30.5 Å². The van der Waals surface area contributed by atoms with Crippen molar-refractivity contribution < 1.29 is 14.0 Å². The second kappa shape index (κ2) is 12.0. The number of rotatable bonds is 9. The van der Waals surface area contributed by atoms with Crippen LogP contribution in [-0.4, -0.2) is 28.8 Å². The highest BCUT2D eigenvalue weighted by Crippen LogP contribution is 2.24. The molecule has 0 aliphatic heterocycles. The maximum Gasteiger partial charge on any atom is 0.243 e. The van der Waals surface area contributed by atoms with Gasteiger partial charge in [-0.25, -0.2) is 4.39 Å². The maximum atomic E-state index is 13.6. The van der Waals surface area contributed by atoms with E-state index in [1.54, 1.807) is 35.2 Å². The SMILES string of the molecule is CC(C)NC(=O)C(Cc1ccccc1)N(Cc1ccc(Cl)c(Cl)c1)C(=O)Cc1ccc(F)cc1. The van der Waals surface area contributed by atoms with E-state index < -0.39 is 6.04 Å². The highest BCUT2D eigenvalue weighted by molar-refractivity contribution is 6.42. The number of amides is 2. The van der Waals surface area contributed by atoms with E-state index in [9.17, 15) is 14.0 Å². The van der Waals surface area contributed by atoms with Crippen molar-refractivity contribution in [1.82, 2.24) is 10.2 Å². The molecular weight excluding hydrogens is 474 g/mol. The predicted octanol–water partition coefficient (Wildman–Crippen LogP) is 5.84. The quantitative estimate of drug-likeness (QED) is 0.401. The second-order valence-electron chi connectivity index (χ2n) is 8.44. The molecule has 0 saturated carbocycles. The Bertz CT molecular complexity index is 1120. The van der Waals surface area contributed by atoms with E-state index in [4.69, 9.17) is 23.2 Å². The highest BCUT2D eigenvalue weighted by atomic mass is 35.5. The predicted molar refractivity (Wildman–Crippen MR) is 134 cm³/mol. The topological polar surface area (TPSA) is 49.4 Å². The Labute approximate surface area is 209 Å². The first-order valence-corrected chi connectivity index (χ1v) is 11.8. The largest absolute Gasteiger partial charge is 0.352 e. The lowest BCUT2D eigenvalue weighted by molar-refractivity contribution is -0.141. The molecular formula is C27H27Cl2FN2O2. The summed E-state index contributed by atoms with van der Waals surface area (Å²) in [5, 5.41) is 3.73. The summed E-state index contributed by atoms with van der Waals surface area (Å²) in [6, 6.07) is 19.6. The van der Waals surface area contributed by atoms with E-state index in [1.165, 1.54) is 12.1 Å². The van der Waals surface area contributed by atoms with Crippen LogP contribution in [0.25, 0.3) is 0 Å². The zero-order chi connectivity index (χ0) is 24.7. The third-order valence-corrected chi connectivity index (χ3v) is 6.05. The first-order valence-electron chi connectivity index (χ1n) is 11.0. The van der Waals surface area contributed by atoms with Crippen LogP contribution in [0.2, 0.25) is 10.0 Å². The van der Waals surface area contributed by atoms with Crippen molar-refractivity contribution in [3.8, 4) is 0 Å². The molecule has 1 unspecified atom stereocenters. The number of carbonyl (C=O) groups is 2. The van der Waals surface area contributed by atoms with E-state index >= 15 is 0 Å². The number of nitrogens with one attached hydrogen (secondary N) is 1. The maximum absolute atomic E-state index is 13.6. The van der Waals surface area contributed by atoms with Gasteiger partial charge in [0.1, 0.15) is 11.9 Å². The van der Waals surface area contributed by atoms with E-state index in [1.807, 2.05) is 44.2 Å². The minimum atomic E-state index is -0.757. The third kappa shape index (κ3) is 7.31. The summed E-state index contributed by atoms with van der Waals surface area (Å²) < 4.78 is 13.4. The van der Waals surface area contributed by atoms with Gasteiger partial charge in [0.2, 0.25) is 11.8 Å². The number of hydrogen-bond donors (Lipinski definition) is 1. The fraction of sp³-hybridized carbons (Fsp3) is 0.259. The van der Waals surface area contributed by atoms with Crippen molar-refractivity contribution in [3.05, 3.63) is 105 Å². The van der Waals surface area contributed by atoms with Gasteiger partial charge in [-0.1, -0.05) is 71.7 Å². The number of nitrogens with zero attached hydrogens (tertiary/aromatic N) is 1. The smallest absolute Gasteiger partial charge is 0.243 e. The average molecular weight is 501 g/mol. The van der Waals surface area contributed by atoms with E-state index in [2.05, 4.69) is 5.32 Å². The molecule has 1 N–H and O–H groups in total. The fourth-order valence-corrected chi connectivity index (χ4v) is 3.97. The van der Waals surface area contributed by atoms with Gasteiger partial charge in [-0.05, 0) is 54.8 Å². The molecule has 3 aromatic rings. The van der Waals surface area contributed by atoms with E-state index in [0.717, 1.165) is 11.1 Å². The van der Waals surface area contributed by atoms with E-state index in [0.29, 0.717) is 22.0 Å². The molecule has 0 radical (unpaired) electrons. The summed E-state index contributed by atoms with van der Waals surface area (Å²) in [5.41, 5.74) is 2.34. The molecule has 0 aliphatic carbocycles. The summed E-state index contributed by atoms with van der Waals surface area (Å²) in [4.78, 5) is 28.4. The number of benzene rings is 3. The van der Waals surface area contributed by atoms with Crippen molar-refractivity contribution in [2.24, 2.45) is 0 Å². The Balaban J connectivity index is 1.98. The van der Waals surface area contributed by atoms with Crippen molar-refractivity contribution >= 4 is 35.0 Å². The third-order valence-electron chi connectivity index (χ3n) is 5.31. The van der Waals surface area contributed by atoms with Gasteiger partial charge in [0.15, 0.2) is 0 Å². The van der Waals surface area contributed by atoms with Crippen LogP contribution in [0.3, 0.4) is 0 Å². The molecule has 3 rings (SSSR count). The summed E-state index contributed by atoms with van der Waals surface area (Å²) in [7, 11) is 0. The standard InChI is InChI=1S/C27H27Cl2FN2O2/c1-18(2)31-27(34)25(15-19-6-4-3-5-7-19)32(17-21-10-13-23(28)24(29)14-21)26(33)16-20-8-11-22(30)12-9-20/h3-14,18,25H,15-17H2,1-2H3,(H,31,34). The monoisotopic (exact) mass is 500 g/mol. The molecule has 1 atom stereocenters. The summed E-state index contributed by atoms with van der Waals surface area (Å²) >= 11 is 12.3. The normalized spacial score (nSPS) is 11.8. The van der Waals surface area contributed by atoms with Gasteiger partial charge in [-0.15, -0.1) is 0 Å².